The molecule has 2 saturated heterocycles. The molecular formula is C25H31Cl2N3O2. The lowest BCUT2D eigenvalue weighted by atomic mass is 9.95. The maximum atomic E-state index is 12.8. The number of carbonyl (C=O) groups is 1. The number of piperidine rings is 1. The van der Waals surface area contributed by atoms with Gasteiger partial charge in [0.25, 0.3) is 0 Å². The zero-order chi connectivity index (χ0) is 22.3. The molecule has 0 bridgehead atoms. The second-order valence-electron chi connectivity index (χ2n) is 8.68. The van der Waals surface area contributed by atoms with E-state index in [1.54, 1.807) is 0 Å². The van der Waals surface area contributed by atoms with Crippen molar-refractivity contribution in [1.29, 1.82) is 0 Å². The highest BCUT2D eigenvalue weighted by Gasteiger charge is 2.25. The molecule has 0 saturated carbocycles. The van der Waals surface area contributed by atoms with Crippen LogP contribution in [0.1, 0.15) is 29.5 Å². The van der Waals surface area contributed by atoms with Gasteiger partial charge in [0.05, 0.1) is 13.2 Å². The molecule has 0 radical (unpaired) electrons. The van der Waals surface area contributed by atoms with E-state index in [9.17, 15) is 4.79 Å². The lowest BCUT2D eigenvalue weighted by molar-refractivity contribution is -0.126. The normalized spacial score (nSPS) is 18.6. The van der Waals surface area contributed by atoms with Crippen molar-refractivity contribution in [3.8, 4) is 0 Å². The van der Waals surface area contributed by atoms with Crippen molar-refractivity contribution in [3.63, 3.8) is 0 Å². The summed E-state index contributed by atoms with van der Waals surface area (Å²) in [7, 11) is 0. The van der Waals surface area contributed by atoms with Crippen molar-refractivity contribution in [2.75, 3.05) is 39.4 Å². The second-order valence-corrected chi connectivity index (χ2v) is 9.49. The first-order valence-corrected chi connectivity index (χ1v) is 12.1. The molecule has 1 amide bonds. The van der Waals surface area contributed by atoms with Gasteiger partial charge in [-0.3, -0.25) is 14.6 Å². The summed E-state index contributed by atoms with van der Waals surface area (Å²) in [6.45, 7) is 7.53. The molecule has 2 aliphatic heterocycles. The van der Waals surface area contributed by atoms with Gasteiger partial charge in [0, 0.05) is 54.3 Å². The summed E-state index contributed by atoms with van der Waals surface area (Å²) in [4.78, 5) is 17.5. The van der Waals surface area contributed by atoms with E-state index >= 15 is 0 Å². The van der Waals surface area contributed by atoms with Gasteiger partial charge in [0.2, 0.25) is 5.91 Å². The largest absolute Gasteiger partial charge is 0.379 e. The highest BCUT2D eigenvalue weighted by molar-refractivity contribution is 6.35. The summed E-state index contributed by atoms with van der Waals surface area (Å²) in [6, 6.07) is 14.1. The van der Waals surface area contributed by atoms with Gasteiger partial charge >= 0.3 is 0 Å². The molecule has 2 aromatic carbocycles. The third kappa shape index (κ3) is 6.46. The van der Waals surface area contributed by atoms with E-state index in [1.165, 1.54) is 5.56 Å². The summed E-state index contributed by atoms with van der Waals surface area (Å²) >= 11 is 12.6. The Labute approximate surface area is 200 Å². The van der Waals surface area contributed by atoms with E-state index in [4.69, 9.17) is 27.9 Å². The van der Waals surface area contributed by atoms with Crippen LogP contribution < -0.4 is 5.32 Å². The maximum Gasteiger partial charge on any atom is 0.223 e. The Morgan fingerprint density at radius 3 is 2.25 bits per heavy atom. The van der Waals surface area contributed by atoms with E-state index in [-0.39, 0.29) is 11.8 Å². The van der Waals surface area contributed by atoms with Crippen LogP contribution in [0.3, 0.4) is 0 Å². The first kappa shape index (κ1) is 23.5. The molecule has 32 heavy (non-hydrogen) atoms. The fraction of sp³-hybridized carbons (Fsp3) is 0.480. The van der Waals surface area contributed by atoms with Crippen LogP contribution in [0, 0.1) is 5.92 Å². The van der Waals surface area contributed by atoms with Crippen LogP contribution in [0.5, 0.6) is 0 Å². The smallest absolute Gasteiger partial charge is 0.223 e. The molecule has 0 atom stereocenters. The Morgan fingerprint density at radius 2 is 1.53 bits per heavy atom. The Kier molecular flexibility index (Phi) is 8.44. The van der Waals surface area contributed by atoms with Crippen LogP contribution in [0.25, 0.3) is 0 Å². The average molecular weight is 476 g/mol. The number of benzene rings is 2. The molecule has 2 heterocycles. The van der Waals surface area contributed by atoms with Crippen LogP contribution in [0.15, 0.2) is 42.5 Å². The Bertz CT molecular complexity index is 890. The minimum atomic E-state index is 0.0597. The summed E-state index contributed by atoms with van der Waals surface area (Å²) in [5.41, 5.74) is 3.40. The highest BCUT2D eigenvalue weighted by atomic mass is 35.5. The zero-order valence-electron chi connectivity index (χ0n) is 18.4. The minimum absolute atomic E-state index is 0.0597. The van der Waals surface area contributed by atoms with Crippen LogP contribution in [-0.4, -0.2) is 55.1 Å². The zero-order valence-corrected chi connectivity index (χ0v) is 19.9. The average Bonchev–Trinajstić information content (AvgIpc) is 2.81. The Morgan fingerprint density at radius 1 is 0.906 bits per heavy atom. The standard InChI is InChI=1S/C25H31Cl2N3O2/c26-23-5-2-6-24(27)22(23)18-29-9-7-21(8-10-29)25(31)28-16-19-3-1-4-20(15-19)17-30-11-13-32-14-12-30/h1-6,15,21H,7-14,16-18H2,(H,28,31). The quantitative estimate of drug-likeness (QED) is 0.646. The molecule has 0 unspecified atom stereocenters. The van der Waals surface area contributed by atoms with Crippen LogP contribution in [0.2, 0.25) is 10.0 Å². The number of nitrogens with zero attached hydrogens (tertiary/aromatic N) is 2. The van der Waals surface area contributed by atoms with Gasteiger partial charge < -0.3 is 10.1 Å². The SMILES string of the molecule is O=C(NCc1cccc(CN2CCOCC2)c1)C1CCN(Cc2c(Cl)cccc2Cl)CC1. The fourth-order valence-corrected chi connectivity index (χ4v) is 4.97. The third-order valence-corrected chi connectivity index (χ3v) is 7.08. The second kappa shape index (κ2) is 11.5. The molecule has 2 aromatic rings. The molecule has 172 valence electrons. The van der Waals surface area contributed by atoms with Gasteiger partial charge in [0.15, 0.2) is 0 Å². The van der Waals surface area contributed by atoms with Gasteiger partial charge in [-0.25, -0.2) is 0 Å². The molecule has 5 nitrogen and oxygen atoms in total. The minimum Gasteiger partial charge on any atom is -0.379 e. The molecule has 4 rings (SSSR count). The van der Waals surface area contributed by atoms with E-state index in [1.807, 2.05) is 18.2 Å². The van der Waals surface area contributed by atoms with E-state index in [0.717, 1.165) is 76.5 Å². The van der Waals surface area contributed by atoms with Crippen LogP contribution in [-0.2, 0) is 29.2 Å². The number of hydrogen-bond acceptors (Lipinski definition) is 4. The van der Waals surface area contributed by atoms with Crippen molar-refractivity contribution in [1.82, 2.24) is 15.1 Å². The Hall–Kier alpha value is -1.63. The number of halogens is 2. The van der Waals surface area contributed by atoms with Crippen molar-refractivity contribution >= 4 is 29.1 Å². The van der Waals surface area contributed by atoms with E-state index in [0.29, 0.717) is 16.6 Å². The third-order valence-electron chi connectivity index (χ3n) is 6.37. The number of ether oxygens (including phenoxy) is 1. The number of nitrogens with one attached hydrogen (secondary N) is 1. The number of rotatable bonds is 7. The fourth-order valence-electron chi connectivity index (χ4n) is 4.45. The van der Waals surface area contributed by atoms with Gasteiger partial charge in [0.1, 0.15) is 0 Å². The van der Waals surface area contributed by atoms with Crippen molar-refractivity contribution < 1.29 is 9.53 Å². The molecule has 2 fully saturated rings. The van der Waals surface area contributed by atoms with Crippen molar-refractivity contribution in [3.05, 3.63) is 69.2 Å². The molecule has 0 aliphatic carbocycles. The van der Waals surface area contributed by atoms with Gasteiger partial charge in [-0.1, -0.05) is 53.5 Å². The number of morpholine rings is 1. The van der Waals surface area contributed by atoms with E-state index in [2.05, 4.69) is 39.4 Å². The summed E-state index contributed by atoms with van der Waals surface area (Å²) < 4.78 is 5.43. The topological polar surface area (TPSA) is 44.8 Å². The molecule has 1 N–H and O–H groups in total. The summed E-state index contributed by atoms with van der Waals surface area (Å²) in [5.74, 6) is 0.212. The number of carbonyl (C=O) groups excluding carboxylic acids is 1. The molecule has 0 spiro atoms. The number of amides is 1. The highest BCUT2D eigenvalue weighted by Crippen LogP contribution is 2.27. The van der Waals surface area contributed by atoms with Crippen LogP contribution >= 0.6 is 23.2 Å². The molecular weight excluding hydrogens is 445 g/mol. The van der Waals surface area contributed by atoms with E-state index < -0.39 is 0 Å². The van der Waals surface area contributed by atoms with Gasteiger partial charge in [-0.2, -0.15) is 0 Å². The van der Waals surface area contributed by atoms with Gasteiger partial charge in [-0.05, 0) is 49.2 Å². The predicted molar refractivity (Wildman–Crippen MR) is 129 cm³/mol. The lowest BCUT2D eigenvalue weighted by Gasteiger charge is -2.31. The first-order valence-electron chi connectivity index (χ1n) is 11.4. The lowest BCUT2D eigenvalue weighted by Crippen LogP contribution is -2.40. The predicted octanol–water partition coefficient (Wildman–Crippen LogP) is 4.35. The number of likely N-dealkylation sites (tertiary alicyclic amines) is 1. The van der Waals surface area contributed by atoms with Crippen molar-refractivity contribution in [2.45, 2.75) is 32.5 Å². The summed E-state index contributed by atoms with van der Waals surface area (Å²) in [6.07, 6.45) is 1.70. The molecule has 7 heteroatoms. The van der Waals surface area contributed by atoms with Crippen molar-refractivity contribution in [2.24, 2.45) is 5.92 Å². The maximum absolute atomic E-state index is 12.8. The van der Waals surface area contributed by atoms with Crippen LogP contribution in [0.4, 0.5) is 0 Å². The molecule has 2 aliphatic rings. The Balaban J connectivity index is 1.23. The molecule has 0 aromatic heterocycles. The first-order chi connectivity index (χ1) is 15.6. The van der Waals surface area contributed by atoms with Gasteiger partial charge in [-0.15, -0.1) is 0 Å². The number of hydrogen-bond donors (Lipinski definition) is 1. The summed E-state index contributed by atoms with van der Waals surface area (Å²) in [5, 5.41) is 4.55. The monoisotopic (exact) mass is 475 g/mol.